The Hall–Kier alpha value is -1.84. The van der Waals surface area contributed by atoms with Crippen molar-refractivity contribution in [2.24, 2.45) is 0 Å². The van der Waals surface area contributed by atoms with Crippen molar-refractivity contribution in [3.8, 4) is 0 Å². The lowest BCUT2D eigenvalue weighted by molar-refractivity contribution is -0.141. The number of rotatable bonds is 5. The second-order valence-electron chi connectivity index (χ2n) is 3.35. The zero-order valence-corrected chi connectivity index (χ0v) is 9.23. The number of amides is 1. The predicted molar refractivity (Wildman–Crippen MR) is 59.5 cm³/mol. The Morgan fingerprint density at radius 3 is 2.56 bits per heavy atom. The fourth-order valence-electron chi connectivity index (χ4n) is 1.17. The summed E-state index contributed by atoms with van der Waals surface area (Å²) in [6.45, 7) is 1.96. The van der Waals surface area contributed by atoms with Crippen LogP contribution in [0.2, 0.25) is 0 Å². The van der Waals surface area contributed by atoms with Gasteiger partial charge < -0.3 is 10.1 Å². The number of ether oxygens (including phenoxy) is 1. The highest BCUT2D eigenvalue weighted by Crippen LogP contribution is 1.97. The maximum absolute atomic E-state index is 11.3. The topological polar surface area (TPSA) is 55.4 Å². The van der Waals surface area contributed by atoms with E-state index in [9.17, 15) is 9.59 Å². The highest BCUT2D eigenvalue weighted by Gasteiger charge is 2.02. The van der Waals surface area contributed by atoms with Crippen LogP contribution in [0.5, 0.6) is 0 Å². The van der Waals surface area contributed by atoms with E-state index in [1.807, 2.05) is 30.3 Å². The lowest BCUT2D eigenvalue weighted by Crippen LogP contribution is -2.24. The molecule has 1 aromatic rings. The lowest BCUT2D eigenvalue weighted by atomic mass is 10.2. The number of esters is 1. The Morgan fingerprint density at radius 1 is 1.25 bits per heavy atom. The Morgan fingerprint density at radius 2 is 1.94 bits per heavy atom. The average molecular weight is 221 g/mol. The summed E-state index contributed by atoms with van der Waals surface area (Å²) in [6, 6.07) is 9.63. The van der Waals surface area contributed by atoms with Crippen LogP contribution in [0.1, 0.15) is 18.9 Å². The van der Waals surface area contributed by atoms with E-state index in [-0.39, 0.29) is 24.9 Å². The molecule has 16 heavy (non-hydrogen) atoms. The van der Waals surface area contributed by atoms with E-state index in [0.717, 1.165) is 5.56 Å². The molecule has 0 aliphatic heterocycles. The van der Waals surface area contributed by atoms with Gasteiger partial charge in [0.2, 0.25) is 5.91 Å². The third-order valence-electron chi connectivity index (χ3n) is 1.97. The van der Waals surface area contributed by atoms with Crippen molar-refractivity contribution in [1.29, 1.82) is 0 Å². The number of benzene rings is 1. The van der Waals surface area contributed by atoms with E-state index in [0.29, 0.717) is 6.54 Å². The molecule has 0 saturated carbocycles. The maximum atomic E-state index is 11.3. The van der Waals surface area contributed by atoms with Gasteiger partial charge in [-0.2, -0.15) is 0 Å². The van der Waals surface area contributed by atoms with Crippen LogP contribution in [-0.2, 0) is 20.9 Å². The van der Waals surface area contributed by atoms with E-state index in [2.05, 4.69) is 10.1 Å². The number of carbonyl (C=O) groups excluding carboxylic acids is 2. The first-order valence-electron chi connectivity index (χ1n) is 5.12. The molecule has 1 N–H and O–H groups in total. The number of hydrogen-bond acceptors (Lipinski definition) is 3. The molecule has 1 rings (SSSR count). The quantitative estimate of drug-likeness (QED) is 0.761. The summed E-state index contributed by atoms with van der Waals surface area (Å²) in [7, 11) is 0. The molecule has 0 spiro atoms. The summed E-state index contributed by atoms with van der Waals surface area (Å²) in [5.74, 6) is -0.485. The largest absolute Gasteiger partial charge is 0.465 e. The van der Waals surface area contributed by atoms with E-state index in [1.54, 1.807) is 0 Å². The van der Waals surface area contributed by atoms with Gasteiger partial charge in [-0.05, 0) is 5.56 Å². The molecule has 86 valence electrons. The first kappa shape index (κ1) is 12.2. The monoisotopic (exact) mass is 221 g/mol. The molecular formula is C12H15NO3. The van der Waals surface area contributed by atoms with Crippen LogP contribution in [-0.4, -0.2) is 18.5 Å². The van der Waals surface area contributed by atoms with Crippen LogP contribution >= 0.6 is 0 Å². The van der Waals surface area contributed by atoms with E-state index >= 15 is 0 Å². The third kappa shape index (κ3) is 5.14. The smallest absolute Gasteiger partial charge is 0.302 e. The first-order valence-corrected chi connectivity index (χ1v) is 5.12. The van der Waals surface area contributed by atoms with Gasteiger partial charge in [-0.25, -0.2) is 0 Å². The minimum atomic E-state index is -0.365. The molecule has 0 aliphatic carbocycles. The van der Waals surface area contributed by atoms with Crippen molar-refractivity contribution in [3.05, 3.63) is 35.9 Å². The Labute approximate surface area is 94.6 Å². The van der Waals surface area contributed by atoms with Crippen LogP contribution in [0.3, 0.4) is 0 Å². The molecule has 0 unspecified atom stereocenters. The van der Waals surface area contributed by atoms with Crippen LogP contribution in [0.15, 0.2) is 30.3 Å². The van der Waals surface area contributed by atoms with Crippen LogP contribution in [0, 0.1) is 0 Å². The zero-order valence-electron chi connectivity index (χ0n) is 9.23. The second kappa shape index (κ2) is 6.61. The Balaban J connectivity index is 2.18. The molecule has 0 heterocycles. The summed E-state index contributed by atoms with van der Waals surface area (Å²) in [5.41, 5.74) is 1.04. The zero-order chi connectivity index (χ0) is 11.8. The summed E-state index contributed by atoms with van der Waals surface area (Å²) < 4.78 is 4.66. The fourth-order valence-corrected chi connectivity index (χ4v) is 1.17. The molecular weight excluding hydrogens is 206 g/mol. The van der Waals surface area contributed by atoms with Crippen molar-refractivity contribution in [3.63, 3.8) is 0 Å². The Kier molecular flexibility index (Phi) is 5.05. The summed E-state index contributed by atoms with van der Waals surface area (Å²) in [5, 5.41) is 2.74. The van der Waals surface area contributed by atoms with Gasteiger partial charge in [0, 0.05) is 13.5 Å². The Bertz CT molecular complexity index is 349. The SMILES string of the molecule is CC(=O)OCCC(=O)NCc1ccccc1. The summed E-state index contributed by atoms with van der Waals surface area (Å²) >= 11 is 0. The van der Waals surface area contributed by atoms with Gasteiger partial charge in [-0.1, -0.05) is 30.3 Å². The highest BCUT2D eigenvalue weighted by atomic mass is 16.5. The fraction of sp³-hybridized carbons (Fsp3) is 0.333. The molecule has 0 radical (unpaired) electrons. The van der Waals surface area contributed by atoms with Gasteiger partial charge in [-0.15, -0.1) is 0 Å². The molecule has 0 fully saturated rings. The van der Waals surface area contributed by atoms with Gasteiger partial charge in [0.05, 0.1) is 6.42 Å². The molecule has 4 nitrogen and oxygen atoms in total. The normalized spacial score (nSPS) is 9.56. The summed E-state index contributed by atoms with van der Waals surface area (Å²) in [6.07, 6.45) is 0.201. The molecule has 1 amide bonds. The lowest BCUT2D eigenvalue weighted by Gasteiger charge is -2.05. The van der Waals surface area contributed by atoms with Crippen LogP contribution < -0.4 is 5.32 Å². The highest BCUT2D eigenvalue weighted by molar-refractivity contribution is 5.76. The van der Waals surface area contributed by atoms with Crippen LogP contribution in [0.25, 0.3) is 0 Å². The summed E-state index contributed by atoms with van der Waals surface area (Å²) in [4.78, 5) is 21.7. The molecule has 0 atom stereocenters. The number of nitrogens with one attached hydrogen (secondary N) is 1. The molecule has 0 bridgehead atoms. The predicted octanol–water partition coefficient (Wildman–Crippen LogP) is 1.26. The molecule has 1 aromatic carbocycles. The first-order chi connectivity index (χ1) is 7.68. The van der Waals surface area contributed by atoms with Gasteiger partial charge in [0.15, 0.2) is 0 Å². The third-order valence-corrected chi connectivity index (χ3v) is 1.97. The van der Waals surface area contributed by atoms with Crippen molar-refractivity contribution < 1.29 is 14.3 Å². The maximum Gasteiger partial charge on any atom is 0.302 e. The van der Waals surface area contributed by atoms with Gasteiger partial charge in [-0.3, -0.25) is 9.59 Å². The van der Waals surface area contributed by atoms with Gasteiger partial charge in [0.1, 0.15) is 6.61 Å². The van der Waals surface area contributed by atoms with Crippen LogP contribution in [0.4, 0.5) is 0 Å². The van der Waals surface area contributed by atoms with Crippen molar-refractivity contribution in [1.82, 2.24) is 5.32 Å². The minimum Gasteiger partial charge on any atom is -0.465 e. The molecule has 4 heteroatoms. The van der Waals surface area contributed by atoms with E-state index < -0.39 is 0 Å². The molecule has 0 saturated heterocycles. The number of carbonyl (C=O) groups is 2. The van der Waals surface area contributed by atoms with Crippen molar-refractivity contribution in [2.45, 2.75) is 19.9 Å². The minimum absolute atomic E-state index is 0.120. The molecule has 0 aliphatic rings. The number of hydrogen-bond donors (Lipinski definition) is 1. The average Bonchev–Trinajstić information content (AvgIpc) is 2.27. The van der Waals surface area contributed by atoms with Gasteiger partial charge in [0.25, 0.3) is 0 Å². The van der Waals surface area contributed by atoms with Crippen molar-refractivity contribution >= 4 is 11.9 Å². The molecule has 0 aromatic heterocycles. The van der Waals surface area contributed by atoms with E-state index in [1.165, 1.54) is 6.92 Å². The second-order valence-corrected chi connectivity index (χ2v) is 3.35. The van der Waals surface area contributed by atoms with Gasteiger partial charge >= 0.3 is 5.97 Å². The van der Waals surface area contributed by atoms with Crippen molar-refractivity contribution in [2.75, 3.05) is 6.61 Å². The standard InChI is InChI=1S/C12H15NO3/c1-10(14)16-8-7-12(15)13-9-11-5-3-2-4-6-11/h2-6H,7-9H2,1H3,(H,13,15). The van der Waals surface area contributed by atoms with E-state index in [4.69, 9.17) is 0 Å².